The monoisotopic (exact) mass is 395 g/mol. The van der Waals surface area contributed by atoms with Crippen molar-refractivity contribution in [1.82, 2.24) is 4.72 Å². The molecule has 2 rings (SSSR count). The van der Waals surface area contributed by atoms with E-state index in [-0.39, 0.29) is 22.1 Å². The molecule has 1 aliphatic rings. The fraction of sp³-hybridized carbons (Fsp3) is 0.550. The average molecular weight is 396 g/mol. The van der Waals surface area contributed by atoms with Gasteiger partial charge in [-0.2, -0.15) is 0 Å². The van der Waals surface area contributed by atoms with Crippen LogP contribution in [0.25, 0.3) is 0 Å². The van der Waals surface area contributed by atoms with Crippen LogP contribution in [0.15, 0.2) is 22.6 Å². The molecule has 7 heteroatoms. The highest BCUT2D eigenvalue weighted by atomic mass is 32.2. The highest BCUT2D eigenvalue weighted by molar-refractivity contribution is 7.90. The van der Waals surface area contributed by atoms with E-state index in [1.807, 2.05) is 24.6 Å². The van der Waals surface area contributed by atoms with Gasteiger partial charge in [-0.15, -0.1) is 0 Å². The molecule has 0 bridgehead atoms. The van der Waals surface area contributed by atoms with Gasteiger partial charge in [-0.3, -0.25) is 4.79 Å². The van der Waals surface area contributed by atoms with Gasteiger partial charge in [0.2, 0.25) is 5.91 Å². The molecule has 0 aliphatic heterocycles. The SMILES string of the molecule is CCCCCc1cc(O)c(C2C=C(C)CCC2)c(O)c1S(=O)(=O)NC(C)=O. The summed E-state index contributed by atoms with van der Waals surface area (Å²) < 4.78 is 27.4. The summed E-state index contributed by atoms with van der Waals surface area (Å²) in [6.07, 6.45) is 7.49. The lowest BCUT2D eigenvalue weighted by molar-refractivity contribution is -0.117. The Hall–Kier alpha value is -2.02. The van der Waals surface area contributed by atoms with E-state index in [0.29, 0.717) is 18.4 Å². The van der Waals surface area contributed by atoms with E-state index in [1.165, 1.54) is 6.07 Å². The van der Waals surface area contributed by atoms with Crippen LogP contribution in [0.4, 0.5) is 0 Å². The molecule has 3 N–H and O–H groups in total. The van der Waals surface area contributed by atoms with Crippen molar-refractivity contribution in [2.45, 2.75) is 76.5 Å². The van der Waals surface area contributed by atoms with Gasteiger partial charge in [0.05, 0.1) is 0 Å². The maximum atomic E-state index is 12.7. The van der Waals surface area contributed by atoms with Gasteiger partial charge in [-0.25, -0.2) is 13.1 Å². The molecule has 0 saturated heterocycles. The fourth-order valence-electron chi connectivity index (χ4n) is 3.70. The minimum absolute atomic E-state index is 0.100. The van der Waals surface area contributed by atoms with Crippen LogP contribution in [0.2, 0.25) is 0 Å². The van der Waals surface area contributed by atoms with Gasteiger partial charge in [0.25, 0.3) is 10.0 Å². The second-order valence-corrected chi connectivity index (χ2v) is 8.90. The first kappa shape index (κ1) is 21.3. The topological polar surface area (TPSA) is 104 Å². The van der Waals surface area contributed by atoms with E-state index in [0.717, 1.165) is 44.6 Å². The van der Waals surface area contributed by atoms with E-state index in [9.17, 15) is 23.4 Å². The molecule has 0 radical (unpaired) electrons. The lowest BCUT2D eigenvalue weighted by Crippen LogP contribution is -2.29. The molecule has 1 atom stereocenters. The largest absolute Gasteiger partial charge is 0.507 e. The van der Waals surface area contributed by atoms with Crippen molar-refractivity contribution in [2.24, 2.45) is 0 Å². The highest BCUT2D eigenvalue weighted by Crippen LogP contribution is 2.45. The van der Waals surface area contributed by atoms with Crippen molar-refractivity contribution in [3.63, 3.8) is 0 Å². The Kier molecular flexibility index (Phi) is 6.92. The quantitative estimate of drug-likeness (QED) is 0.480. The maximum absolute atomic E-state index is 12.7. The van der Waals surface area contributed by atoms with Crippen LogP contribution in [0.3, 0.4) is 0 Å². The molecule has 1 amide bonds. The lowest BCUT2D eigenvalue weighted by atomic mass is 9.84. The second kappa shape index (κ2) is 8.78. The van der Waals surface area contributed by atoms with Gasteiger partial charge in [0, 0.05) is 18.4 Å². The van der Waals surface area contributed by atoms with Crippen LogP contribution < -0.4 is 4.72 Å². The van der Waals surface area contributed by atoms with Gasteiger partial charge in [-0.1, -0.05) is 31.4 Å². The van der Waals surface area contributed by atoms with Gasteiger partial charge >= 0.3 is 0 Å². The molecule has 0 spiro atoms. The normalized spacial score (nSPS) is 17.4. The molecule has 0 heterocycles. The number of hydrogen-bond donors (Lipinski definition) is 3. The molecule has 1 aromatic rings. The number of aryl methyl sites for hydroxylation is 1. The van der Waals surface area contributed by atoms with Crippen molar-refractivity contribution >= 4 is 15.9 Å². The third-order valence-corrected chi connectivity index (χ3v) is 6.44. The van der Waals surface area contributed by atoms with Crippen LogP contribution in [-0.4, -0.2) is 24.5 Å². The number of hydrogen-bond acceptors (Lipinski definition) is 5. The van der Waals surface area contributed by atoms with Crippen LogP contribution in [0, 0.1) is 0 Å². The number of unbranched alkanes of at least 4 members (excludes halogenated alkanes) is 2. The third kappa shape index (κ3) is 5.03. The number of phenols is 2. The molecule has 6 nitrogen and oxygen atoms in total. The molecule has 1 unspecified atom stereocenters. The van der Waals surface area contributed by atoms with E-state index in [2.05, 4.69) is 0 Å². The summed E-state index contributed by atoms with van der Waals surface area (Å²) in [7, 11) is -4.23. The lowest BCUT2D eigenvalue weighted by Gasteiger charge is -2.24. The number of benzene rings is 1. The first-order chi connectivity index (χ1) is 12.7. The van der Waals surface area contributed by atoms with Crippen molar-refractivity contribution in [1.29, 1.82) is 0 Å². The van der Waals surface area contributed by atoms with Crippen LogP contribution in [-0.2, 0) is 21.2 Å². The van der Waals surface area contributed by atoms with E-state index >= 15 is 0 Å². The highest BCUT2D eigenvalue weighted by Gasteiger charge is 2.31. The summed E-state index contributed by atoms with van der Waals surface area (Å²) in [4.78, 5) is 11.1. The van der Waals surface area contributed by atoms with E-state index in [1.54, 1.807) is 0 Å². The van der Waals surface area contributed by atoms with Crippen molar-refractivity contribution in [2.75, 3.05) is 0 Å². The first-order valence-corrected chi connectivity index (χ1v) is 10.9. The van der Waals surface area contributed by atoms with Gasteiger partial charge in [0.15, 0.2) is 0 Å². The first-order valence-electron chi connectivity index (χ1n) is 9.45. The Morgan fingerprint density at radius 3 is 2.59 bits per heavy atom. The number of carbonyl (C=O) groups excluding carboxylic acids is 1. The molecule has 150 valence electrons. The van der Waals surface area contributed by atoms with Crippen molar-refractivity contribution in [3.05, 3.63) is 28.8 Å². The number of carbonyl (C=O) groups is 1. The van der Waals surface area contributed by atoms with Crippen LogP contribution in [0.1, 0.15) is 76.3 Å². The minimum atomic E-state index is -4.23. The molecule has 27 heavy (non-hydrogen) atoms. The summed E-state index contributed by atoms with van der Waals surface area (Å²) in [6.45, 7) is 5.12. The average Bonchev–Trinajstić information content (AvgIpc) is 2.53. The predicted octanol–water partition coefficient (Wildman–Crippen LogP) is 3.87. The Balaban J connectivity index is 2.63. The fourth-order valence-corrected chi connectivity index (χ4v) is 5.05. The zero-order chi connectivity index (χ0) is 20.2. The Morgan fingerprint density at radius 2 is 2.00 bits per heavy atom. The number of rotatable bonds is 7. The maximum Gasteiger partial charge on any atom is 0.268 e. The standard InChI is InChI=1S/C20H29NO5S/c1-4-5-6-9-16-12-17(23)18(15-10-7-8-13(2)11-15)19(24)20(16)27(25,26)21-14(3)22/h11-12,15,23-24H,4-10H2,1-3H3,(H,21,22). The van der Waals surface area contributed by atoms with Crippen molar-refractivity contribution in [3.8, 4) is 11.5 Å². The molecule has 0 saturated carbocycles. The third-order valence-electron chi connectivity index (χ3n) is 4.89. The molecular formula is C20H29NO5S. The zero-order valence-electron chi connectivity index (χ0n) is 16.2. The Labute approximate surface area is 161 Å². The molecular weight excluding hydrogens is 366 g/mol. The van der Waals surface area contributed by atoms with Gasteiger partial charge in [0.1, 0.15) is 16.4 Å². The van der Waals surface area contributed by atoms with Crippen LogP contribution in [0.5, 0.6) is 11.5 Å². The number of allylic oxidation sites excluding steroid dienone is 2. The van der Waals surface area contributed by atoms with Crippen LogP contribution >= 0.6 is 0 Å². The summed E-state index contributed by atoms with van der Waals surface area (Å²) in [5.41, 5.74) is 1.69. The summed E-state index contributed by atoms with van der Waals surface area (Å²) in [5, 5.41) is 21.4. The van der Waals surface area contributed by atoms with E-state index in [4.69, 9.17) is 0 Å². The molecule has 1 aliphatic carbocycles. The molecule has 0 fully saturated rings. The van der Waals surface area contributed by atoms with E-state index < -0.39 is 21.7 Å². The minimum Gasteiger partial charge on any atom is -0.507 e. The molecule has 1 aromatic carbocycles. The van der Waals surface area contributed by atoms with Crippen molar-refractivity contribution < 1.29 is 23.4 Å². The number of amides is 1. The smallest absolute Gasteiger partial charge is 0.268 e. The Bertz CT molecular complexity index is 842. The van der Waals surface area contributed by atoms with Gasteiger partial charge in [-0.05, 0) is 50.7 Å². The number of aromatic hydroxyl groups is 2. The van der Waals surface area contributed by atoms with Gasteiger partial charge < -0.3 is 10.2 Å². The summed E-state index contributed by atoms with van der Waals surface area (Å²) in [5.74, 6) is -1.53. The zero-order valence-corrected chi connectivity index (χ0v) is 17.0. The Morgan fingerprint density at radius 1 is 1.30 bits per heavy atom. The number of phenolic OH excluding ortho intramolecular Hbond substituents is 2. The number of nitrogens with one attached hydrogen (secondary N) is 1. The summed E-state index contributed by atoms with van der Waals surface area (Å²) >= 11 is 0. The second-order valence-electron chi connectivity index (χ2n) is 7.28. The molecule has 0 aromatic heterocycles. The number of sulfonamides is 1. The summed E-state index contributed by atoms with van der Waals surface area (Å²) in [6, 6.07) is 1.43. The predicted molar refractivity (Wildman–Crippen MR) is 104 cm³/mol.